The van der Waals surface area contributed by atoms with Gasteiger partial charge in [0, 0.05) is 19.1 Å². The number of halogens is 1. The Hall–Kier alpha value is 0.0500. The van der Waals surface area contributed by atoms with Crippen molar-refractivity contribution in [1.29, 1.82) is 0 Å². The van der Waals surface area contributed by atoms with Gasteiger partial charge in [0.05, 0.1) is 3.79 Å². The average molecular weight is 395 g/mol. The van der Waals surface area contributed by atoms with Crippen LogP contribution in [0.1, 0.15) is 38.2 Å². The third kappa shape index (κ3) is 4.28. The van der Waals surface area contributed by atoms with Crippen molar-refractivity contribution in [2.45, 2.75) is 49.8 Å². The molecule has 1 aliphatic rings. The Morgan fingerprint density at radius 3 is 2.81 bits per heavy atom. The molecule has 21 heavy (non-hydrogen) atoms. The standard InChI is InChI=1S/C14H23BrN2O2S2/c1-3-4-8-17(10-12-6-5-7-16-12)21(18,19)13-9-11(2)14(15)20-13/h9,12,16H,3-8,10H2,1-2H3. The maximum absolute atomic E-state index is 12.9. The summed E-state index contributed by atoms with van der Waals surface area (Å²) in [7, 11) is -3.38. The van der Waals surface area contributed by atoms with Crippen LogP contribution in [0.2, 0.25) is 0 Å². The maximum Gasteiger partial charge on any atom is 0.252 e. The second kappa shape index (κ2) is 7.55. The number of aryl methyl sites for hydroxylation is 1. The lowest BCUT2D eigenvalue weighted by Gasteiger charge is -2.24. The summed E-state index contributed by atoms with van der Waals surface area (Å²) in [6, 6.07) is 2.06. The second-order valence-corrected chi connectivity index (χ2v) is 10.1. The van der Waals surface area contributed by atoms with Crippen LogP contribution in [0.25, 0.3) is 0 Å². The summed E-state index contributed by atoms with van der Waals surface area (Å²) in [5, 5.41) is 3.39. The number of nitrogens with zero attached hydrogens (tertiary/aromatic N) is 1. The molecular formula is C14H23BrN2O2S2. The van der Waals surface area contributed by atoms with Gasteiger partial charge in [-0.15, -0.1) is 11.3 Å². The van der Waals surface area contributed by atoms with Crippen LogP contribution >= 0.6 is 27.3 Å². The van der Waals surface area contributed by atoms with Crippen molar-refractivity contribution in [3.8, 4) is 0 Å². The summed E-state index contributed by atoms with van der Waals surface area (Å²) in [5.74, 6) is 0. The molecule has 1 aliphatic heterocycles. The molecular weight excluding hydrogens is 372 g/mol. The lowest BCUT2D eigenvalue weighted by Crippen LogP contribution is -2.41. The molecule has 1 unspecified atom stereocenters. The van der Waals surface area contributed by atoms with Crippen LogP contribution in [-0.2, 0) is 10.0 Å². The fraction of sp³-hybridized carbons (Fsp3) is 0.714. The molecule has 0 radical (unpaired) electrons. The van der Waals surface area contributed by atoms with Crippen LogP contribution < -0.4 is 5.32 Å². The second-order valence-electron chi connectivity index (χ2n) is 5.53. The molecule has 1 aromatic heterocycles. The molecule has 2 rings (SSSR count). The molecule has 120 valence electrons. The van der Waals surface area contributed by atoms with Gasteiger partial charge in [-0.05, 0) is 60.3 Å². The highest BCUT2D eigenvalue weighted by atomic mass is 79.9. The van der Waals surface area contributed by atoms with Crippen molar-refractivity contribution < 1.29 is 8.42 Å². The van der Waals surface area contributed by atoms with Crippen molar-refractivity contribution in [2.24, 2.45) is 0 Å². The predicted octanol–water partition coefficient (Wildman–Crippen LogP) is 3.36. The van der Waals surface area contributed by atoms with Gasteiger partial charge in [-0.25, -0.2) is 8.42 Å². The van der Waals surface area contributed by atoms with E-state index in [0.29, 0.717) is 23.3 Å². The molecule has 0 amide bonds. The SMILES string of the molecule is CCCCN(CC1CCCN1)S(=O)(=O)c1cc(C)c(Br)s1. The molecule has 1 aromatic rings. The number of nitrogens with one attached hydrogen (secondary N) is 1. The van der Waals surface area contributed by atoms with Gasteiger partial charge < -0.3 is 5.32 Å². The lowest BCUT2D eigenvalue weighted by atomic mass is 10.2. The van der Waals surface area contributed by atoms with E-state index >= 15 is 0 Å². The van der Waals surface area contributed by atoms with E-state index in [-0.39, 0.29) is 0 Å². The normalized spacial score (nSPS) is 19.5. The third-order valence-corrected chi connectivity index (χ3v) is 8.23. The predicted molar refractivity (Wildman–Crippen MR) is 91.4 cm³/mol. The van der Waals surface area contributed by atoms with Crippen molar-refractivity contribution in [1.82, 2.24) is 9.62 Å². The zero-order valence-corrected chi connectivity index (χ0v) is 15.8. The van der Waals surface area contributed by atoms with Crippen LogP contribution in [0.3, 0.4) is 0 Å². The Labute approximate surface area is 140 Å². The van der Waals surface area contributed by atoms with E-state index in [1.54, 1.807) is 10.4 Å². The Kier molecular flexibility index (Phi) is 6.25. The number of hydrogen-bond acceptors (Lipinski definition) is 4. The monoisotopic (exact) mass is 394 g/mol. The summed E-state index contributed by atoms with van der Waals surface area (Å²) >= 11 is 4.73. The summed E-state index contributed by atoms with van der Waals surface area (Å²) in [4.78, 5) is 0. The molecule has 0 aromatic carbocycles. The van der Waals surface area contributed by atoms with Crippen LogP contribution in [-0.4, -0.2) is 38.4 Å². The highest BCUT2D eigenvalue weighted by molar-refractivity contribution is 9.11. The van der Waals surface area contributed by atoms with Crippen LogP contribution in [0, 0.1) is 6.92 Å². The van der Waals surface area contributed by atoms with Crippen LogP contribution in [0.5, 0.6) is 0 Å². The molecule has 4 nitrogen and oxygen atoms in total. The topological polar surface area (TPSA) is 49.4 Å². The number of unbranched alkanes of at least 4 members (excludes halogenated alkanes) is 1. The molecule has 1 N–H and O–H groups in total. The molecule has 0 saturated carbocycles. The van der Waals surface area contributed by atoms with Gasteiger partial charge in [-0.2, -0.15) is 4.31 Å². The summed E-state index contributed by atoms with van der Waals surface area (Å²) < 4.78 is 28.8. The van der Waals surface area contributed by atoms with Crippen molar-refractivity contribution in [3.63, 3.8) is 0 Å². The minimum absolute atomic E-state index is 0.293. The van der Waals surface area contributed by atoms with Gasteiger partial charge in [-0.1, -0.05) is 13.3 Å². The van der Waals surface area contributed by atoms with E-state index in [0.717, 1.165) is 41.6 Å². The molecule has 1 fully saturated rings. The van der Waals surface area contributed by atoms with Gasteiger partial charge in [-0.3, -0.25) is 0 Å². The van der Waals surface area contributed by atoms with E-state index in [1.165, 1.54) is 11.3 Å². The van der Waals surface area contributed by atoms with E-state index in [4.69, 9.17) is 0 Å². The maximum atomic E-state index is 12.9. The fourth-order valence-electron chi connectivity index (χ4n) is 2.49. The van der Waals surface area contributed by atoms with Crippen molar-refractivity contribution in [3.05, 3.63) is 15.4 Å². The Morgan fingerprint density at radius 2 is 2.29 bits per heavy atom. The molecule has 0 spiro atoms. The molecule has 0 aliphatic carbocycles. The van der Waals surface area contributed by atoms with Gasteiger partial charge in [0.1, 0.15) is 4.21 Å². The first-order valence-electron chi connectivity index (χ1n) is 7.44. The van der Waals surface area contributed by atoms with Crippen LogP contribution in [0.4, 0.5) is 0 Å². The van der Waals surface area contributed by atoms with Gasteiger partial charge in [0.25, 0.3) is 10.0 Å². The third-order valence-electron chi connectivity index (χ3n) is 3.78. The Morgan fingerprint density at radius 1 is 1.52 bits per heavy atom. The first-order chi connectivity index (χ1) is 9.95. The zero-order chi connectivity index (χ0) is 15.5. The summed E-state index contributed by atoms with van der Waals surface area (Å²) in [5.41, 5.74) is 0.980. The Bertz CT molecular complexity index is 546. The summed E-state index contributed by atoms with van der Waals surface area (Å²) in [6.07, 6.45) is 4.09. The highest BCUT2D eigenvalue weighted by Gasteiger charge is 2.29. The molecule has 0 bridgehead atoms. The first-order valence-corrected chi connectivity index (χ1v) is 10.5. The Balaban J connectivity index is 2.20. The molecule has 7 heteroatoms. The van der Waals surface area contributed by atoms with E-state index < -0.39 is 10.0 Å². The fourth-order valence-corrected chi connectivity index (χ4v) is 6.39. The van der Waals surface area contributed by atoms with E-state index in [1.807, 2.05) is 6.92 Å². The van der Waals surface area contributed by atoms with Crippen LogP contribution in [0.15, 0.2) is 14.1 Å². The lowest BCUT2D eigenvalue weighted by molar-refractivity contribution is 0.365. The largest absolute Gasteiger partial charge is 0.313 e. The van der Waals surface area contributed by atoms with E-state index in [9.17, 15) is 8.42 Å². The van der Waals surface area contributed by atoms with Gasteiger partial charge in [0.2, 0.25) is 0 Å². The number of hydrogen-bond donors (Lipinski definition) is 1. The first kappa shape index (κ1) is 17.4. The number of sulfonamides is 1. The number of rotatable bonds is 7. The molecule has 2 heterocycles. The minimum Gasteiger partial charge on any atom is -0.313 e. The highest BCUT2D eigenvalue weighted by Crippen LogP contribution is 2.32. The van der Waals surface area contributed by atoms with Crippen molar-refractivity contribution >= 4 is 37.3 Å². The van der Waals surface area contributed by atoms with Gasteiger partial charge >= 0.3 is 0 Å². The molecule has 1 atom stereocenters. The number of thiophene rings is 1. The van der Waals surface area contributed by atoms with Gasteiger partial charge in [0.15, 0.2) is 0 Å². The van der Waals surface area contributed by atoms with Crippen molar-refractivity contribution in [2.75, 3.05) is 19.6 Å². The minimum atomic E-state index is -3.38. The summed E-state index contributed by atoms with van der Waals surface area (Å²) in [6.45, 7) is 6.19. The zero-order valence-electron chi connectivity index (χ0n) is 12.6. The van der Waals surface area contributed by atoms with E-state index in [2.05, 4.69) is 28.2 Å². The quantitative estimate of drug-likeness (QED) is 0.770. The molecule has 1 saturated heterocycles. The average Bonchev–Trinajstić information content (AvgIpc) is 3.05. The smallest absolute Gasteiger partial charge is 0.252 e.